The van der Waals surface area contributed by atoms with Gasteiger partial charge < -0.3 is 20.1 Å². The molecule has 0 aliphatic carbocycles. The van der Waals surface area contributed by atoms with Gasteiger partial charge in [-0.3, -0.25) is 0 Å². The van der Waals surface area contributed by atoms with Crippen molar-refractivity contribution in [3.8, 4) is 11.4 Å². The summed E-state index contributed by atoms with van der Waals surface area (Å²) in [7, 11) is -8.79. The predicted octanol–water partition coefficient (Wildman–Crippen LogP) is -2.65. The summed E-state index contributed by atoms with van der Waals surface area (Å²) < 4.78 is 59.8. The van der Waals surface area contributed by atoms with Crippen LogP contribution in [-0.4, -0.2) is 94.1 Å². The molecule has 1 aromatic carbocycles. The molecule has 4 rings (SSSR count). The zero-order chi connectivity index (χ0) is 22.9. The molecule has 0 saturated carbocycles. The van der Waals surface area contributed by atoms with E-state index in [1.807, 2.05) is 0 Å². The smallest absolute Gasteiger partial charge is 0.242 e. The third-order valence-electron chi connectivity index (χ3n) is 5.32. The molecular weight excluding hydrogens is 464 g/mol. The first-order valence-corrected chi connectivity index (χ1v) is 12.9. The van der Waals surface area contributed by atoms with E-state index in [-0.39, 0.29) is 37.2 Å². The molecule has 2 saturated heterocycles. The Morgan fingerprint density at radius 3 is 2.75 bits per heavy atom. The molecule has 1 aromatic heterocycles. The van der Waals surface area contributed by atoms with Crippen LogP contribution >= 0.6 is 0 Å². The average Bonchev–Trinajstić information content (AvgIpc) is 3.46. The van der Waals surface area contributed by atoms with Crippen LogP contribution in [0.3, 0.4) is 0 Å². The molecule has 0 bridgehead atoms. The lowest BCUT2D eigenvalue weighted by Gasteiger charge is -2.35. The van der Waals surface area contributed by atoms with E-state index in [0.29, 0.717) is 31.7 Å². The van der Waals surface area contributed by atoms with E-state index < -0.39 is 35.9 Å². The highest BCUT2D eigenvalue weighted by atomic mass is 32.2. The Hall–Kier alpha value is -2.21. The van der Waals surface area contributed by atoms with Gasteiger partial charge in [-0.05, 0) is 35.5 Å². The summed E-state index contributed by atoms with van der Waals surface area (Å²) in [6.07, 6.45) is 0.0689. The minimum atomic E-state index is -4.54. The van der Waals surface area contributed by atoms with Gasteiger partial charge in [0.05, 0.1) is 24.9 Å². The minimum Gasteiger partial charge on any atom is -0.394 e. The second-order valence-electron chi connectivity index (χ2n) is 7.51. The van der Waals surface area contributed by atoms with E-state index in [0.717, 1.165) is 0 Å². The highest BCUT2D eigenvalue weighted by molar-refractivity contribution is 7.92. The van der Waals surface area contributed by atoms with Crippen LogP contribution in [0.4, 0.5) is 5.69 Å². The molecule has 1 unspecified atom stereocenters. The van der Waals surface area contributed by atoms with E-state index in [4.69, 9.17) is 9.88 Å². The summed E-state index contributed by atoms with van der Waals surface area (Å²) in [6, 6.07) is 2.30. The van der Waals surface area contributed by atoms with E-state index in [1.54, 1.807) is 4.90 Å². The molecule has 2 atom stereocenters. The molecular formula is C16H24N8O6S2. The number of aliphatic hydroxyl groups excluding tert-OH is 1. The number of hydrogen-bond acceptors (Lipinski definition) is 11. The maximum Gasteiger partial charge on any atom is 0.242 e. The summed E-state index contributed by atoms with van der Waals surface area (Å²) in [4.78, 5) is 0.662. The SMILES string of the molecule is NS(=O)(=O)c1c(S(=O)(=O)N[C@@H]2CCNC2)ccc(N2CCOC(CO)C2)c1-c1nnn[nH]1. The van der Waals surface area contributed by atoms with Gasteiger partial charge in [0.2, 0.25) is 20.0 Å². The fourth-order valence-corrected chi connectivity index (χ4v) is 6.76. The Bertz CT molecular complexity index is 1170. The second-order valence-corrected chi connectivity index (χ2v) is 10.7. The summed E-state index contributed by atoms with van der Waals surface area (Å²) in [5.41, 5.74) is 0.277. The summed E-state index contributed by atoms with van der Waals surface area (Å²) >= 11 is 0. The zero-order valence-corrected chi connectivity index (χ0v) is 18.6. The molecule has 0 radical (unpaired) electrons. The average molecular weight is 489 g/mol. The zero-order valence-electron chi connectivity index (χ0n) is 16.9. The predicted molar refractivity (Wildman–Crippen MR) is 112 cm³/mol. The Labute approximate surface area is 184 Å². The monoisotopic (exact) mass is 488 g/mol. The fourth-order valence-electron chi connectivity index (χ4n) is 3.89. The number of rotatable bonds is 7. The molecule has 16 heteroatoms. The number of H-pyrrole nitrogens is 1. The number of ether oxygens (including phenoxy) is 1. The van der Waals surface area contributed by atoms with Gasteiger partial charge in [0.15, 0.2) is 5.82 Å². The Morgan fingerprint density at radius 2 is 2.12 bits per heavy atom. The molecule has 2 aliphatic rings. The highest BCUT2D eigenvalue weighted by Gasteiger charge is 2.35. The maximum absolute atomic E-state index is 13.2. The van der Waals surface area contributed by atoms with E-state index >= 15 is 0 Å². The van der Waals surface area contributed by atoms with Gasteiger partial charge in [0, 0.05) is 31.4 Å². The van der Waals surface area contributed by atoms with Gasteiger partial charge in [0.1, 0.15) is 9.79 Å². The quantitative estimate of drug-likeness (QED) is 0.272. The molecule has 14 nitrogen and oxygen atoms in total. The summed E-state index contributed by atoms with van der Waals surface area (Å²) in [6.45, 7) is 1.73. The highest BCUT2D eigenvalue weighted by Crippen LogP contribution is 2.38. The second kappa shape index (κ2) is 8.97. The molecule has 2 fully saturated rings. The van der Waals surface area contributed by atoms with Crippen LogP contribution in [0.1, 0.15) is 6.42 Å². The van der Waals surface area contributed by atoms with Crippen LogP contribution in [0.5, 0.6) is 0 Å². The number of aromatic amines is 1. The van der Waals surface area contributed by atoms with Gasteiger partial charge in [-0.2, -0.15) is 0 Å². The van der Waals surface area contributed by atoms with Crippen molar-refractivity contribution < 1.29 is 26.7 Å². The third-order valence-corrected chi connectivity index (χ3v) is 8.01. The number of nitrogens with two attached hydrogens (primary N) is 1. The van der Waals surface area contributed by atoms with Crippen molar-refractivity contribution in [1.82, 2.24) is 30.7 Å². The number of benzene rings is 1. The van der Waals surface area contributed by atoms with Gasteiger partial charge in [-0.15, -0.1) is 5.10 Å². The van der Waals surface area contributed by atoms with E-state index in [1.165, 1.54) is 12.1 Å². The normalized spacial score (nSPS) is 22.4. The van der Waals surface area contributed by atoms with Crippen molar-refractivity contribution >= 4 is 25.7 Å². The van der Waals surface area contributed by atoms with E-state index in [9.17, 15) is 21.9 Å². The van der Waals surface area contributed by atoms with Gasteiger partial charge in [-0.25, -0.2) is 31.8 Å². The number of tetrazole rings is 1. The van der Waals surface area contributed by atoms with E-state index in [2.05, 4.69) is 30.7 Å². The molecule has 6 N–H and O–H groups in total. The Balaban J connectivity index is 1.90. The summed E-state index contributed by atoms with van der Waals surface area (Å²) in [5.74, 6) is -0.0596. The molecule has 3 heterocycles. The topological polar surface area (TPSA) is 206 Å². The van der Waals surface area contributed by atoms with Gasteiger partial charge in [-0.1, -0.05) is 0 Å². The number of anilines is 1. The number of morpholine rings is 1. The van der Waals surface area contributed by atoms with Crippen molar-refractivity contribution in [3.05, 3.63) is 12.1 Å². The molecule has 176 valence electrons. The third kappa shape index (κ3) is 4.61. The lowest BCUT2D eigenvalue weighted by atomic mass is 10.1. The number of primary sulfonamides is 1. The fraction of sp³-hybridized carbons (Fsp3) is 0.562. The van der Waals surface area contributed by atoms with Crippen LogP contribution < -0.4 is 20.1 Å². The molecule has 0 amide bonds. The Kier molecular flexibility index (Phi) is 6.44. The molecule has 2 aromatic rings. The van der Waals surface area contributed by atoms with Crippen molar-refractivity contribution in [2.75, 3.05) is 44.3 Å². The number of hydrogen-bond donors (Lipinski definition) is 5. The standard InChI is InChI=1S/C16H24N8O6S2/c17-31(26,27)15-13(32(28,29)21-10-3-4-18-7-10)2-1-12(14(15)16-19-22-23-20-16)24-5-6-30-11(8-24)9-25/h1-2,10-11,18,21,25H,3-9H2,(H2,17,26,27)(H,19,20,22,23)/t10-,11?/m1/s1. The van der Waals surface area contributed by atoms with Gasteiger partial charge >= 0.3 is 0 Å². The lowest BCUT2D eigenvalue weighted by molar-refractivity contribution is 0.00358. The minimum absolute atomic E-state index is 0.0596. The van der Waals surface area contributed by atoms with Crippen LogP contribution in [-0.2, 0) is 24.8 Å². The molecule has 2 aliphatic heterocycles. The summed E-state index contributed by atoms with van der Waals surface area (Å²) in [5, 5.41) is 31.4. The van der Waals surface area contributed by atoms with Crippen molar-refractivity contribution in [1.29, 1.82) is 0 Å². The van der Waals surface area contributed by atoms with Gasteiger partial charge in [0.25, 0.3) is 0 Å². The van der Waals surface area contributed by atoms with Crippen LogP contribution in [0.15, 0.2) is 21.9 Å². The number of nitrogens with zero attached hydrogens (tertiary/aromatic N) is 4. The van der Waals surface area contributed by atoms with Crippen molar-refractivity contribution in [3.63, 3.8) is 0 Å². The first-order chi connectivity index (χ1) is 15.2. The van der Waals surface area contributed by atoms with Crippen LogP contribution in [0.2, 0.25) is 0 Å². The number of aromatic nitrogens is 4. The largest absolute Gasteiger partial charge is 0.394 e. The first-order valence-electron chi connectivity index (χ1n) is 9.85. The number of nitrogens with one attached hydrogen (secondary N) is 3. The van der Waals surface area contributed by atoms with Crippen molar-refractivity contribution in [2.45, 2.75) is 28.4 Å². The number of aliphatic hydroxyl groups is 1. The van der Waals surface area contributed by atoms with Crippen molar-refractivity contribution in [2.24, 2.45) is 5.14 Å². The van der Waals surface area contributed by atoms with Crippen LogP contribution in [0.25, 0.3) is 11.4 Å². The van der Waals surface area contributed by atoms with Crippen LogP contribution in [0, 0.1) is 0 Å². The molecule has 32 heavy (non-hydrogen) atoms. The maximum atomic E-state index is 13.2. The lowest BCUT2D eigenvalue weighted by Crippen LogP contribution is -2.44. The number of sulfonamides is 2. The first kappa shape index (κ1) is 23.0. The molecule has 0 spiro atoms. The Morgan fingerprint density at radius 1 is 1.31 bits per heavy atom.